The Morgan fingerprint density at radius 1 is 1.10 bits per heavy atom. The van der Waals surface area contributed by atoms with Crippen molar-refractivity contribution in [3.8, 4) is 5.75 Å². The Morgan fingerprint density at radius 2 is 1.90 bits per heavy atom. The summed E-state index contributed by atoms with van der Waals surface area (Å²) in [5.41, 5.74) is 1.39. The minimum Gasteiger partial charge on any atom is -0.493 e. The van der Waals surface area contributed by atoms with Crippen molar-refractivity contribution in [3.63, 3.8) is 0 Å². The summed E-state index contributed by atoms with van der Waals surface area (Å²) >= 11 is 5.87. The predicted molar refractivity (Wildman–Crippen MR) is 87.5 cm³/mol. The van der Waals surface area contributed by atoms with Gasteiger partial charge in [-0.1, -0.05) is 18.2 Å². The van der Waals surface area contributed by atoms with Crippen LogP contribution in [-0.2, 0) is 0 Å². The summed E-state index contributed by atoms with van der Waals surface area (Å²) in [6.07, 6.45) is 2.39. The summed E-state index contributed by atoms with van der Waals surface area (Å²) in [4.78, 5) is 5.12. The van der Waals surface area contributed by atoms with Gasteiger partial charge in [-0.3, -0.25) is 0 Å². The molecule has 2 aliphatic rings. The van der Waals surface area contributed by atoms with E-state index in [9.17, 15) is 0 Å². The third kappa shape index (κ3) is 3.91. The number of alkyl halides is 1. The highest BCUT2D eigenvalue weighted by atomic mass is 35.5. The van der Waals surface area contributed by atoms with Crippen molar-refractivity contribution in [1.82, 2.24) is 9.80 Å². The van der Waals surface area contributed by atoms with Crippen molar-refractivity contribution >= 4 is 11.6 Å². The Labute approximate surface area is 132 Å². The van der Waals surface area contributed by atoms with Crippen LogP contribution >= 0.6 is 11.6 Å². The Morgan fingerprint density at radius 3 is 2.81 bits per heavy atom. The first kappa shape index (κ1) is 15.1. The Kier molecular flexibility index (Phi) is 5.39. The number of fused-ring (bicyclic) bond motifs is 1. The lowest BCUT2D eigenvalue weighted by molar-refractivity contribution is 0.212. The van der Waals surface area contributed by atoms with Gasteiger partial charge < -0.3 is 14.5 Å². The van der Waals surface area contributed by atoms with Crippen LogP contribution in [0.2, 0.25) is 0 Å². The van der Waals surface area contributed by atoms with Crippen LogP contribution < -0.4 is 4.74 Å². The van der Waals surface area contributed by atoms with Crippen LogP contribution in [0.3, 0.4) is 0 Å². The monoisotopic (exact) mass is 308 g/mol. The molecule has 0 bridgehead atoms. The number of para-hydroxylation sites is 1. The van der Waals surface area contributed by atoms with Crippen LogP contribution in [0.4, 0.5) is 0 Å². The molecule has 0 radical (unpaired) electrons. The lowest BCUT2D eigenvalue weighted by Gasteiger charge is -2.30. The van der Waals surface area contributed by atoms with E-state index in [1.165, 1.54) is 25.1 Å². The van der Waals surface area contributed by atoms with Crippen LogP contribution in [0.15, 0.2) is 24.3 Å². The van der Waals surface area contributed by atoms with Crippen molar-refractivity contribution in [2.75, 3.05) is 51.8 Å². The number of halogens is 1. The van der Waals surface area contributed by atoms with E-state index >= 15 is 0 Å². The Balaban J connectivity index is 1.60. The van der Waals surface area contributed by atoms with Gasteiger partial charge in [-0.05, 0) is 37.6 Å². The van der Waals surface area contributed by atoms with E-state index in [0.29, 0.717) is 5.92 Å². The molecule has 4 heteroatoms. The molecule has 2 aliphatic heterocycles. The second kappa shape index (κ2) is 7.48. The number of ether oxygens (including phenoxy) is 1. The number of benzene rings is 1. The minimum absolute atomic E-state index is 0.620. The summed E-state index contributed by atoms with van der Waals surface area (Å²) in [6, 6.07) is 8.53. The quantitative estimate of drug-likeness (QED) is 0.796. The van der Waals surface area contributed by atoms with Gasteiger partial charge in [0.1, 0.15) is 5.75 Å². The largest absolute Gasteiger partial charge is 0.493 e. The zero-order valence-corrected chi connectivity index (χ0v) is 13.4. The molecule has 3 rings (SSSR count). The van der Waals surface area contributed by atoms with Gasteiger partial charge in [0.25, 0.3) is 0 Å². The summed E-state index contributed by atoms with van der Waals surface area (Å²) < 4.78 is 5.78. The second-order valence-electron chi connectivity index (χ2n) is 6.06. The molecule has 21 heavy (non-hydrogen) atoms. The zero-order chi connectivity index (χ0) is 14.5. The fourth-order valence-corrected chi connectivity index (χ4v) is 3.71. The second-order valence-corrected chi connectivity index (χ2v) is 6.43. The van der Waals surface area contributed by atoms with E-state index in [2.05, 4.69) is 34.1 Å². The van der Waals surface area contributed by atoms with Gasteiger partial charge in [0.2, 0.25) is 0 Å². The highest BCUT2D eigenvalue weighted by molar-refractivity contribution is 6.18. The minimum atomic E-state index is 0.620. The van der Waals surface area contributed by atoms with Crippen molar-refractivity contribution in [3.05, 3.63) is 29.8 Å². The van der Waals surface area contributed by atoms with E-state index < -0.39 is 0 Å². The summed E-state index contributed by atoms with van der Waals surface area (Å²) in [6.45, 7) is 7.75. The topological polar surface area (TPSA) is 15.7 Å². The van der Waals surface area contributed by atoms with E-state index in [1.807, 2.05) is 0 Å². The van der Waals surface area contributed by atoms with Crippen molar-refractivity contribution in [2.45, 2.75) is 18.8 Å². The average molecular weight is 309 g/mol. The van der Waals surface area contributed by atoms with Gasteiger partial charge in [0, 0.05) is 38.0 Å². The molecule has 3 nitrogen and oxygen atoms in total. The molecule has 0 amide bonds. The molecular formula is C17H25ClN2O. The molecule has 1 unspecified atom stereocenters. The average Bonchev–Trinajstić information content (AvgIpc) is 2.74. The predicted octanol–water partition coefficient (Wildman–Crippen LogP) is 2.80. The molecule has 1 aromatic carbocycles. The zero-order valence-electron chi connectivity index (χ0n) is 12.6. The maximum atomic E-state index is 5.87. The third-order valence-electron chi connectivity index (χ3n) is 4.64. The van der Waals surface area contributed by atoms with Crippen LogP contribution in [-0.4, -0.2) is 61.6 Å². The van der Waals surface area contributed by atoms with E-state index in [0.717, 1.165) is 50.8 Å². The molecule has 116 valence electrons. The molecule has 0 saturated carbocycles. The summed E-state index contributed by atoms with van der Waals surface area (Å²) in [5.74, 6) is 2.45. The Bertz CT molecular complexity index is 454. The first-order valence-electron chi connectivity index (χ1n) is 8.09. The molecule has 1 aromatic rings. The lowest BCUT2D eigenvalue weighted by atomic mass is 9.92. The summed E-state index contributed by atoms with van der Waals surface area (Å²) in [5, 5.41) is 0. The fraction of sp³-hybridized carbons (Fsp3) is 0.647. The van der Waals surface area contributed by atoms with Crippen molar-refractivity contribution in [2.24, 2.45) is 0 Å². The molecule has 1 atom stereocenters. The first-order chi connectivity index (χ1) is 10.4. The van der Waals surface area contributed by atoms with Crippen LogP contribution in [0, 0.1) is 0 Å². The molecule has 0 spiro atoms. The molecule has 0 N–H and O–H groups in total. The standard InChI is InChI=1S/C17H25ClN2O/c18-7-10-19-8-3-9-20(12-11-19)14-15-6-13-21-17-5-2-1-4-16(15)17/h1-2,4-5,15H,3,6-14H2. The van der Waals surface area contributed by atoms with Gasteiger partial charge in [-0.2, -0.15) is 0 Å². The van der Waals surface area contributed by atoms with E-state index in [1.54, 1.807) is 0 Å². The van der Waals surface area contributed by atoms with Crippen LogP contribution in [0.1, 0.15) is 24.3 Å². The van der Waals surface area contributed by atoms with Crippen LogP contribution in [0.5, 0.6) is 5.75 Å². The maximum absolute atomic E-state index is 5.87. The van der Waals surface area contributed by atoms with Gasteiger partial charge in [0.15, 0.2) is 0 Å². The number of hydrogen-bond acceptors (Lipinski definition) is 3. The molecule has 0 aromatic heterocycles. The van der Waals surface area contributed by atoms with E-state index in [4.69, 9.17) is 16.3 Å². The van der Waals surface area contributed by atoms with Gasteiger partial charge in [-0.15, -0.1) is 11.6 Å². The normalized spacial score (nSPS) is 24.1. The number of hydrogen-bond donors (Lipinski definition) is 0. The van der Waals surface area contributed by atoms with Gasteiger partial charge in [0.05, 0.1) is 6.61 Å². The van der Waals surface area contributed by atoms with E-state index in [-0.39, 0.29) is 0 Å². The number of nitrogens with zero attached hydrogens (tertiary/aromatic N) is 2. The highest BCUT2D eigenvalue weighted by Gasteiger charge is 2.24. The Hall–Kier alpha value is -0.770. The summed E-state index contributed by atoms with van der Waals surface area (Å²) in [7, 11) is 0. The maximum Gasteiger partial charge on any atom is 0.122 e. The fourth-order valence-electron chi connectivity index (χ4n) is 3.47. The molecule has 1 fully saturated rings. The lowest BCUT2D eigenvalue weighted by Crippen LogP contribution is -2.35. The van der Waals surface area contributed by atoms with Crippen molar-refractivity contribution < 1.29 is 4.74 Å². The molecule has 0 aliphatic carbocycles. The van der Waals surface area contributed by atoms with Crippen LogP contribution in [0.25, 0.3) is 0 Å². The third-order valence-corrected chi connectivity index (χ3v) is 4.81. The van der Waals surface area contributed by atoms with Gasteiger partial charge >= 0.3 is 0 Å². The molecule has 2 heterocycles. The smallest absolute Gasteiger partial charge is 0.122 e. The number of rotatable bonds is 4. The molecular weight excluding hydrogens is 284 g/mol. The van der Waals surface area contributed by atoms with Gasteiger partial charge in [-0.25, -0.2) is 0 Å². The first-order valence-corrected chi connectivity index (χ1v) is 8.62. The van der Waals surface area contributed by atoms with Crippen molar-refractivity contribution in [1.29, 1.82) is 0 Å². The molecule has 1 saturated heterocycles. The SMILES string of the molecule is ClCCN1CCCN(CC2CCOc3ccccc32)CC1. The highest BCUT2D eigenvalue weighted by Crippen LogP contribution is 2.33.